The van der Waals surface area contributed by atoms with Crippen molar-refractivity contribution in [1.82, 2.24) is 4.90 Å². The number of nitrogens with zero attached hydrogens (tertiary/aromatic N) is 1. The van der Waals surface area contributed by atoms with E-state index in [-0.39, 0.29) is 5.54 Å². The van der Waals surface area contributed by atoms with Gasteiger partial charge in [0, 0.05) is 31.8 Å². The zero-order valence-electron chi connectivity index (χ0n) is 12.6. The number of rotatable bonds is 8. The van der Waals surface area contributed by atoms with E-state index < -0.39 is 0 Å². The van der Waals surface area contributed by atoms with Crippen LogP contribution in [0, 0.1) is 0 Å². The van der Waals surface area contributed by atoms with E-state index in [9.17, 15) is 0 Å². The Morgan fingerprint density at radius 3 is 2.39 bits per heavy atom. The average molecular weight is 256 g/mol. The van der Waals surface area contributed by atoms with Crippen molar-refractivity contribution in [2.75, 3.05) is 26.2 Å². The summed E-state index contributed by atoms with van der Waals surface area (Å²) in [5.74, 6) is 0. The van der Waals surface area contributed by atoms with Gasteiger partial charge in [-0.1, -0.05) is 26.2 Å². The lowest BCUT2D eigenvalue weighted by molar-refractivity contribution is -0.0163. The van der Waals surface area contributed by atoms with Gasteiger partial charge in [-0.05, 0) is 33.1 Å². The van der Waals surface area contributed by atoms with Crippen LogP contribution in [0.5, 0.6) is 0 Å². The van der Waals surface area contributed by atoms with E-state index in [2.05, 4.69) is 25.7 Å². The molecule has 0 radical (unpaired) electrons. The fourth-order valence-corrected chi connectivity index (χ4v) is 2.94. The molecule has 1 heterocycles. The summed E-state index contributed by atoms with van der Waals surface area (Å²) in [6.07, 6.45) is 7.95. The summed E-state index contributed by atoms with van der Waals surface area (Å²) in [4.78, 5) is 2.60. The highest BCUT2D eigenvalue weighted by atomic mass is 16.5. The second-order valence-corrected chi connectivity index (χ2v) is 5.80. The highest BCUT2D eigenvalue weighted by Gasteiger charge is 2.32. The van der Waals surface area contributed by atoms with Crippen LogP contribution in [0.3, 0.4) is 0 Å². The smallest absolute Gasteiger partial charge is 0.0599 e. The van der Waals surface area contributed by atoms with Crippen LogP contribution >= 0.6 is 0 Å². The molecule has 0 aromatic heterocycles. The molecule has 1 saturated heterocycles. The molecule has 18 heavy (non-hydrogen) atoms. The Morgan fingerprint density at radius 1 is 1.22 bits per heavy atom. The fourth-order valence-electron chi connectivity index (χ4n) is 2.94. The second-order valence-electron chi connectivity index (χ2n) is 5.80. The third-order valence-electron chi connectivity index (χ3n) is 4.37. The number of likely N-dealkylation sites (tertiary alicyclic amines) is 1. The number of ether oxygens (including phenoxy) is 1. The maximum atomic E-state index is 6.04. The zero-order valence-corrected chi connectivity index (χ0v) is 12.6. The molecule has 0 aromatic rings. The third-order valence-corrected chi connectivity index (χ3v) is 4.37. The molecule has 0 saturated carbocycles. The van der Waals surface area contributed by atoms with Crippen LogP contribution in [0.2, 0.25) is 0 Å². The molecular formula is C15H32N2O. The highest BCUT2D eigenvalue weighted by molar-refractivity contribution is 4.90. The van der Waals surface area contributed by atoms with E-state index in [4.69, 9.17) is 10.5 Å². The van der Waals surface area contributed by atoms with Crippen molar-refractivity contribution in [3.63, 3.8) is 0 Å². The largest absolute Gasteiger partial charge is 0.378 e. The van der Waals surface area contributed by atoms with E-state index >= 15 is 0 Å². The first-order valence-electron chi connectivity index (χ1n) is 7.73. The normalized spacial score (nSPS) is 22.0. The summed E-state index contributed by atoms with van der Waals surface area (Å²) in [5, 5.41) is 0. The van der Waals surface area contributed by atoms with Crippen LogP contribution in [0.15, 0.2) is 0 Å². The molecule has 3 nitrogen and oxygen atoms in total. The minimum absolute atomic E-state index is 0.201. The molecule has 0 bridgehead atoms. The molecule has 3 heteroatoms. The van der Waals surface area contributed by atoms with Gasteiger partial charge in [0.05, 0.1) is 6.10 Å². The number of hydrogen-bond acceptors (Lipinski definition) is 3. The summed E-state index contributed by atoms with van der Waals surface area (Å²) in [6, 6.07) is 0. The zero-order chi connectivity index (χ0) is 13.4. The van der Waals surface area contributed by atoms with Gasteiger partial charge in [-0.25, -0.2) is 0 Å². The molecule has 1 rings (SSSR count). The van der Waals surface area contributed by atoms with Crippen molar-refractivity contribution in [2.45, 2.75) is 70.9 Å². The maximum absolute atomic E-state index is 6.04. The molecule has 0 amide bonds. The Kier molecular flexibility index (Phi) is 7.20. The first-order valence-corrected chi connectivity index (χ1v) is 7.73. The van der Waals surface area contributed by atoms with Gasteiger partial charge in [0.15, 0.2) is 0 Å². The van der Waals surface area contributed by atoms with E-state index in [0.29, 0.717) is 6.10 Å². The Morgan fingerprint density at radius 2 is 1.89 bits per heavy atom. The van der Waals surface area contributed by atoms with Gasteiger partial charge in [0.2, 0.25) is 0 Å². The van der Waals surface area contributed by atoms with E-state index in [1.165, 1.54) is 25.7 Å². The molecule has 0 spiro atoms. The summed E-state index contributed by atoms with van der Waals surface area (Å²) in [7, 11) is 0. The van der Waals surface area contributed by atoms with Crippen molar-refractivity contribution >= 4 is 0 Å². The van der Waals surface area contributed by atoms with Crippen LogP contribution in [-0.4, -0.2) is 42.8 Å². The third kappa shape index (κ3) is 4.52. The van der Waals surface area contributed by atoms with Crippen LogP contribution in [0.4, 0.5) is 0 Å². The fraction of sp³-hybridized carbons (Fsp3) is 1.00. The first-order chi connectivity index (χ1) is 8.66. The van der Waals surface area contributed by atoms with Gasteiger partial charge in [-0.3, -0.25) is 4.90 Å². The summed E-state index contributed by atoms with van der Waals surface area (Å²) >= 11 is 0. The quantitative estimate of drug-likeness (QED) is 0.679. The Bertz CT molecular complexity index is 215. The SMILES string of the molecule is CCCCCC(C)(CN)N1CCC(OCC)CC1. The van der Waals surface area contributed by atoms with Crippen LogP contribution in [0.1, 0.15) is 59.3 Å². The lowest BCUT2D eigenvalue weighted by Crippen LogP contribution is -2.55. The summed E-state index contributed by atoms with van der Waals surface area (Å²) in [5.41, 5.74) is 6.24. The van der Waals surface area contributed by atoms with Gasteiger partial charge < -0.3 is 10.5 Å². The van der Waals surface area contributed by atoms with Crippen LogP contribution in [0.25, 0.3) is 0 Å². The molecule has 1 aliphatic rings. The van der Waals surface area contributed by atoms with Crippen LogP contribution < -0.4 is 5.73 Å². The van der Waals surface area contributed by atoms with Gasteiger partial charge in [-0.15, -0.1) is 0 Å². The molecule has 0 aromatic carbocycles. The first kappa shape index (κ1) is 15.9. The van der Waals surface area contributed by atoms with Crippen molar-refractivity contribution < 1.29 is 4.74 Å². The molecule has 1 fully saturated rings. The van der Waals surface area contributed by atoms with Crippen molar-refractivity contribution in [2.24, 2.45) is 5.73 Å². The predicted octanol–water partition coefficient (Wildman–Crippen LogP) is 2.79. The topological polar surface area (TPSA) is 38.5 Å². The Balaban J connectivity index is 2.41. The summed E-state index contributed by atoms with van der Waals surface area (Å²) in [6.45, 7) is 10.6. The van der Waals surface area contributed by atoms with Gasteiger partial charge in [0.25, 0.3) is 0 Å². The van der Waals surface area contributed by atoms with Gasteiger partial charge in [0.1, 0.15) is 0 Å². The number of piperidine rings is 1. The Labute approximate surface area is 113 Å². The monoisotopic (exact) mass is 256 g/mol. The lowest BCUT2D eigenvalue weighted by atomic mass is 9.90. The molecule has 108 valence electrons. The standard InChI is InChI=1S/C15H32N2O/c1-4-6-7-10-15(3,13-16)17-11-8-14(9-12-17)18-5-2/h14H,4-13,16H2,1-3H3. The van der Waals surface area contributed by atoms with E-state index in [1.54, 1.807) is 0 Å². The predicted molar refractivity (Wildman–Crippen MR) is 77.8 cm³/mol. The van der Waals surface area contributed by atoms with Crippen molar-refractivity contribution in [3.8, 4) is 0 Å². The molecule has 2 N–H and O–H groups in total. The number of nitrogens with two attached hydrogens (primary N) is 1. The number of hydrogen-bond donors (Lipinski definition) is 1. The minimum atomic E-state index is 0.201. The van der Waals surface area contributed by atoms with Gasteiger partial charge in [-0.2, -0.15) is 0 Å². The second kappa shape index (κ2) is 8.13. The van der Waals surface area contributed by atoms with E-state index in [1.807, 2.05) is 0 Å². The molecule has 0 aliphatic carbocycles. The summed E-state index contributed by atoms with van der Waals surface area (Å²) < 4.78 is 5.72. The lowest BCUT2D eigenvalue weighted by Gasteiger charge is -2.44. The highest BCUT2D eigenvalue weighted by Crippen LogP contribution is 2.26. The molecule has 1 atom stereocenters. The molecule has 1 unspecified atom stereocenters. The van der Waals surface area contributed by atoms with E-state index in [0.717, 1.165) is 39.1 Å². The molecular weight excluding hydrogens is 224 g/mol. The van der Waals surface area contributed by atoms with Crippen LogP contribution in [-0.2, 0) is 4.74 Å². The van der Waals surface area contributed by atoms with Gasteiger partial charge >= 0.3 is 0 Å². The van der Waals surface area contributed by atoms with Crippen molar-refractivity contribution in [1.29, 1.82) is 0 Å². The number of unbranched alkanes of at least 4 members (excludes halogenated alkanes) is 2. The Hall–Kier alpha value is -0.120. The molecule has 1 aliphatic heterocycles. The maximum Gasteiger partial charge on any atom is 0.0599 e. The minimum Gasteiger partial charge on any atom is -0.378 e. The average Bonchev–Trinajstić information content (AvgIpc) is 2.40. The van der Waals surface area contributed by atoms with Crippen molar-refractivity contribution in [3.05, 3.63) is 0 Å².